The number of rotatable bonds is 2. The Balaban J connectivity index is 1.61. The first kappa shape index (κ1) is 12.6. The maximum Gasteiger partial charge on any atom is 0.228 e. The van der Waals surface area contributed by atoms with E-state index >= 15 is 0 Å². The summed E-state index contributed by atoms with van der Waals surface area (Å²) >= 11 is 0. The summed E-state index contributed by atoms with van der Waals surface area (Å²) in [5, 5.41) is 7.36. The van der Waals surface area contributed by atoms with Crippen LogP contribution < -0.4 is 5.32 Å². The number of anilines is 1. The SMILES string of the molecule is O=C1Cc2cc(-c3cnn(C4CCOCC4)c3)ccc2N1. The summed E-state index contributed by atoms with van der Waals surface area (Å²) in [6.45, 7) is 1.62. The van der Waals surface area contributed by atoms with Gasteiger partial charge in [-0.05, 0) is 36.1 Å². The van der Waals surface area contributed by atoms with Gasteiger partial charge in [0.2, 0.25) is 5.91 Å². The number of fused-ring (bicyclic) bond motifs is 1. The number of amides is 1. The van der Waals surface area contributed by atoms with Crippen LogP contribution in [-0.4, -0.2) is 28.9 Å². The summed E-state index contributed by atoms with van der Waals surface area (Å²) in [5.74, 6) is 0.0695. The van der Waals surface area contributed by atoms with Gasteiger partial charge in [0, 0.05) is 30.7 Å². The standard InChI is InChI=1S/C16H17N3O2/c20-16-8-12-7-11(1-2-15(12)18-16)13-9-17-19(10-13)14-3-5-21-6-4-14/h1-2,7,9-10,14H,3-6,8H2,(H,18,20). The number of carbonyl (C=O) groups excluding carboxylic acids is 1. The maximum absolute atomic E-state index is 11.4. The molecule has 0 spiro atoms. The molecular weight excluding hydrogens is 266 g/mol. The van der Waals surface area contributed by atoms with Gasteiger partial charge in [-0.25, -0.2) is 0 Å². The van der Waals surface area contributed by atoms with Gasteiger partial charge in [-0.1, -0.05) is 6.07 Å². The Bertz CT molecular complexity index is 687. The van der Waals surface area contributed by atoms with Crippen molar-refractivity contribution in [3.63, 3.8) is 0 Å². The molecule has 5 heteroatoms. The van der Waals surface area contributed by atoms with Gasteiger partial charge in [-0.3, -0.25) is 9.48 Å². The van der Waals surface area contributed by atoms with Crippen molar-refractivity contribution in [1.29, 1.82) is 0 Å². The Hall–Kier alpha value is -2.14. The molecule has 5 nitrogen and oxygen atoms in total. The van der Waals surface area contributed by atoms with Gasteiger partial charge in [0.15, 0.2) is 0 Å². The average molecular weight is 283 g/mol. The van der Waals surface area contributed by atoms with E-state index in [-0.39, 0.29) is 5.91 Å². The van der Waals surface area contributed by atoms with Crippen molar-refractivity contribution in [1.82, 2.24) is 9.78 Å². The Morgan fingerprint density at radius 3 is 2.95 bits per heavy atom. The van der Waals surface area contributed by atoms with E-state index in [1.807, 2.05) is 18.3 Å². The maximum atomic E-state index is 11.4. The van der Waals surface area contributed by atoms with Crippen LogP contribution in [0.5, 0.6) is 0 Å². The third-order valence-corrected chi connectivity index (χ3v) is 4.23. The highest BCUT2D eigenvalue weighted by atomic mass is 16.5. The van der Waals surface area contributed by atoms with Crippen molar-refractivity contribution in [2.75, 3.05) is 18.5 Å². The fourth-order valence-corrected chi connectivity index (χ4v) is 3.05. The Labute approximate surface area is 122 Å². The van der Waals surface area contributed by atoms with E-state index in [1.165, 1.54) is 0 Å². The second-order valence-electron chi connectivity index (χ2n) is 5.65. The zero-order valence-corrected chi connectivity index (χ0v) is 11.7. The summed E-state index contributed by atoms with van der Waals surface area (Å²) in [5.41, 5.74) is 4.21. The topological polar surface area (TPSA) is 56.2 Å². The largest absolute Gasteiger partial charge is 0.381 e. The quantitative estimate of drug-likeness (QED) is 0.920. The Morgan fingerprint density at radius 2 is 2.10 bits per heavy atom. The van der Waals surface area contributed by atoms with E-state index in [1.54, 1.807) is 0 Å². The zero-order valence-electron chi connectivity index (χ0n) is 11.7. The number of nitrogens with zero attached hydrogens (tertiary/aromatic N) is 2. The summed E-state index contributed by atoms with van der Waals surface area (Å²) in [6.07, 6.45) is 6.51. The summed E-state index contributed by atoms with van der Waals surface area (Å²) < 4.78 is 7.44. The van der Waals surface area contributed by atoms with Crippen LogP contribution in [0, 0.1) is 0 Å². The molecule has 1 aromatic heterocycles. The molecule has 1 amide bonds. The van der Waals surface area contributed by atoms with Crippen molar-refractivity contribution in [2.24, 2.45) is 0 Å². The molecule has 108 valence electrons. The highest BCUT2D eigenvalue weighted by molar-refractivity contribution is 5.99. The van der Waals surface area contributed by atoms with Gasteiger partial charge in [0.25, 0.3) is 0 Å². The monoisotopic (exact) mass is 283 g/mol. The molecule has 1 saturated heterocycles. The molecule has 2 aliphatic heterocycles. The normalized spacial score (nSPS) is 18.6. The minimum Gasteiger partial charge on any atom is -0.381 e. The van der Waals surface area contributed by atoms with E-state index in [2.05, 4.69) is 27.4 Å². The number of carbonyl (C=O) groups is 1. The molecular formula is C16H17N3O2. The average Bonchev–Trinajstić information content (AvgIpc) is 3.12. The van der Waals surface area contributed by atoms with Crippen LogP contribution in [0.1, 0.15) is 24.4 Å². The van der Waals surface area contributed by atoms with E-state index in [9.17, 15) is 4.79 Å². The number of hydrogen-bond donors (Lipinski definition) is 1. The van der Waals surface area contributed by atoms with Crippen LogP contribution in [0.4, 0.5) is 5.69 Å². The molecule has 1 fully saturated rings. The summed E-state index contributed by atoms with van der Waals surface area (Å²) in [6, 6.07) is 6.53. The van der Waals surface area contributed by atoms with Crippen molar-refractivity contribution in [3.05, 3.63) is 36.2 Å². The lowest BCUT2D eigenvalue weighted by molar-refractivity contribution is -0.115. The Morgan fingerprint density at radius 1 is 1.24 bits per heavy atom. The first-order chi connectivity index (χ1) is 10.3. The van der Waals surface area contributed by atoms with Crippen LogP contribution in [0.2, 0.25) is 0 Å². The van der Waals surface area contributed by atoms with Gasteiger partial charge in [0.1, 0.15) is 0 Å². The number of ether oxygens (including phenoxy) is 1. The van der Waals surface area contributed by atoms with E-state index in [4.69, 9.17) is 4.74 Å². The second-order valence-corrected chi connectivity index (χ2v) is 5.65. The minimum atomic E-state index is 0.0695. The molecule has 21 heavy (non-hydrogen) atoms. The highest BCUT2D eigenvalue weighted by Gasteiger charge is 2.19. The molecule has 4 rings (SSSR count). The van der Waals surface area contributed by atoms with Crippen LogP contribution in [-0.2, 0) is 16.0 Å². The predicted octanol–water partition coefficient (Wildman–Crippen LogP) is 2.40. The van der Waals surface area contributed by atoms with Crippen LogP contribution in [0.3, 0.4) is 0 Å². The molecule has 0 bridgehead atoms. The Kier molecular flexibility index (Phi) is 3.00. The minimum absolute atomic E-state index is 0.0695. The first-order valence-electron chi connectivity index (χ1n) is 7.35. The number of hydrogen-bond acceptors (Lipinski definition) is 3. The van der Waals surface area contributed by atoms with Gasteiger partial charge >= 0.3 is 0 Å². The summed E-state index contributed by atoms with van der Waals surface area (Å²) in [7, 11) is 0. The van der Waals surface area contributed by atoms with Crippen molar-refractivity contribution in [2.45, 2.75) is 25.3 Å². The number of aromatic nitrogens is 2. The fourth-order valence-electron chi connectivity index (χ4n) is 3.05. The molecule has 1 aromatic carbocycles. The van der Waals surface area contributed by atoms with Gasteiger partial charge in [-0.2, -0.15) is 5.10 Å². The summed E-state index contributed by atoms with van der Waals surface area (Å²) in [4.78, 5) is 11.4. The van der Waals surface area contributed by atoms with Crippen molar-refractivity contribution >= 4 is 11.6 Å². The molecule has 0 radical (unpaired) electrons. The van der Waals surface area contributed by atoms with Gasteiger partial charge in [-0.15, -0.1) is 0 Å². The lowest BCUT2D eigenvalue weighted by Gasteiger charge is -2.22. The number of benzene rings is 1. The first-order valence-corrected chi connectivity index (χ1v) is 7.35. The molecule has 1 N–H and O–H groups in total. The van der Waals surface area contributed by atoms with Crippen molar-refractivity contribution in [3.8, 4) is 11.1 Å². The van der Waals surface area contributed by atoms with Crippen LogP contribution >= 0.6 is 0 Å². The molecule has 0 aliphatic carbocycles. The lowest BCUT2D eigenvalue weighted by atomic mass is 10.0. The smallest absolute Gasteiger partial charge is 0.228 e. The molecule has 2 aliphatic rings. The lowest BCUT2D eigenvalue weighted by Crippen LogP contribution is -2.19. The highest BCUT2D eigenvalue weighted by Crippen LogP contribution is 2.30. The van der Waals surface area contributed by atoms with E-state index < -0.39 is 0 Å². The molecule has 0 atom stereocenters. The third-order valence-electron chi connectivity index (χ3n) is 4.23. The van der Waals surface area contributed by atoms with Gasteiger partial charge < -0.3 is 10.1 Å². The van der Waals surface area contributed by atoms with Crippen LogP contribution in [0.25, 0.3) is 11.1 Å². The second kappa shape index (κ2) is 5.00. The van der Waals surface area contributed by atoms with Gasteiger partial charge in [0.05, 0.1) is 18.7 Å². The zero-order chi connectivity index (χ0) is 14.2. The number of nitrogens with one attached hydrogen (secondary N) is 1. The molecule has 3 heterocycles. The fraction of sp³-hybridized carbons (Fsp3) is 0.375. The third kappa shape index (κ3) is 2.34. The van der Waals surface area contributed by atoms with E-state index in [0.717, 1.165) is 48.4 Å². The van der Waals surface area contributed by atoms with Crippen molar-refractivity contribution < 1.29 is 9.53 Å². The molecule has 0 unspecified atom stereocenters. The predicted molar refractivity (Wildman–Crippen MR) is 79.1 cm³/mol. The van der Waals surface area contributed by atoms with E-state index in [0.29, 0.717) is 12.5 Å². The molecule has 2 aromatic rings. The molecule has 0 saturated carbocycles. The van der Waals surface area contributed by atoms with Crippen LogP contribution in [0.15, 0.2) is 30.6 Å².